The molecule has 8 heteroatoms. The molecule has 27 heavy (non-hydrogen) atoms. The van der Waals surface area contributed by atoms with E-state index in [-0.39, 0.29) is 17.5 Å². The molecule has 0 aromatic heterocycles. The van der Waals surface area contributed by atoms with Gasteiger partial charge in [-0.3, -0.25) is 9.69 Å². The number of esters is 1. The molecule has 0 saturated carbocycles. The highest BCUT2D eigenvalue weighted by Crippen LogP contribution is 2.40. The summed E-state index contributed by atoms with van der Waals surface area (Å²) in [4.78, 5) is 25.6. The Morgan fingerprint density at radius 1 is 1.15 bits per heavy atom. The van der Waals surface area contributed by atoms with Crippen molar-refractivity contribution in [2.75, 3.05) is 11.4 Å². The van der Waals surface area contributed by atoms with Crippen LogP contribution < -0.4 is 9.64 Å². The summed E-state index contributed by atoms with van der Waals surface area (Å²) in [5.41, 5.74) is 2.46. The smallest absolute Gasteiger partial charge is 0.338 e. The number of ether oxygens (including phenoxy) is 1. The van der Waals surface area contributed by atoms with E-state index in [2.05, 4.69) is 0 Å². The van der Waals surface area contributed by atoms with Crippen molar-refractivity contribution >= 4 is 27.7 Å². The van der Waals surface area contributed by atoms with Crippen molar-refractivity contribution in [2.45, 2.75) is 31.2 Å². The molecule has 2 aromatic rings. The number of hydrogen-bond acceptors (Lipinski definition) is 5. The van der Waals surface area contributed by atoms with Gasteiger partial charge in [-0.2, -0.15) is 0 Å². The molecular weight excluding hydrogens is 368 g/mol. The maximum absolute atomic E-state index is 12.9. The summed E-state index contributed by atoms with van der Waals surface area (Å²) in [5.74, 6) is -0.00102. The Kier molecular flexibility index (Phi) is 3.96. The fourth-order valence-corrected chi connectivity index (χ4v) is 4.96. The Balaban J connectivity index is 1.63. The average molecular weight is 386 g/mol. The second-order valence-corrected chi connectivity index (χ2v) is 8.61. The monoisotopic (exact) mass is 386 g/mol. The van der Waals surface area contributed by atoms with Crippen LogP contribution in [0.3, 0.4) is 0 Å². The zero-order chi connectivity index (χ0) is 19.3. The van der Waals surface area contributed by atoms with Gasteiger partial charge in [0.25, 0.3) is 10.0 Å². The minimum absolute atomic E-state index is 0.0899. The summed E-state index contributed by atoms with van der Waals surface area (Å²) in [7, 11) is -3.90. The summed E-state index contributed by atoms with van der Waals surface area (Å²) < 4.78 is 31.8. The van der Waals surface area contributed by atoms with Gasteiger partial charge in [-0.05, 0) is 49.2 Å². The van der Waals surface area contributed by atoms with Crippen molar-refractivity contribution in [3.05, 3.63) is 53.6 Å². The van der Waals surface area contributed by atoms with E-state index in [9.17, 15) is 18.0 Å². The van der Waals surface area contributed by atoms with Crippen LogP contribution >= 0.6 is 0 Å². The number of anilines is 1. The van der Waals surface area contributed by atoms with Gasteiger partial charge in [-0.1, -0.05) is 17.7 Å². The van der Waals surface area contributed by atoms with Gasteiger partial charge in [0.05, 0.1) is 17.5 Å². The van der Waals surface area contributed by atoms with Gasteiger partial charge in [-0.15, -0.1) is 0 Å². The van der Waals surface area contributed by atoms with Gasteiger partial charge in [-0.25, -0.2) is 17.5 Å². The van der Waals surface area contributed by atoms with Crippen molar-refractivity contribution in [1.29, 1.82) is 0 Å². The third-order valence-electron chi connectivity index (χ3n) is 4.80. The molecule has 0 spiro atoms. The average Bonchev–Trinajstić information content (AvgIpc) is 3.11. The SMILES string of the molecule is CC(=O)Oc1ccc2c(c1)CC1CN(S(=O)(=O)c3ccc(C)cc3)C(=O)N21. The molecule has 0 radical (unpaired) electrons. The van der Waals surface area contributed by atoms with Gasteiger partial charge >= 0.3 is 12.0 Å². The Morgan fingerprint density at radius 2 is 1.85 bits per heavy atom. The highest BCUT2D eigenvalue weighted by Gasteiger charge is 2.48. The Morgan fingerprint density at radius 3 is 2.52 bits per heavy atom. The fraction of sp³-hybridized carbons (Fsp3) is 0.263. The van der Waals surface area contributed by atoms with Crippen LogP contribution in [0.25, 0.3) is 0 Å². The lowest BCUT2D eigenvalue weighted by molar-refractivity contribution is -0.131. The number of hydrogen-bond donors (Lipinski definition) is 0. The molecule has 2 aliphatic heterocycles. The second-order valence-electron chi connectivity index (χ2n) is 6.74. The van der Waals surface area contributed by atoms with Crippen molar-refractivity contribution in [2.24, 2.45) is 0 Å². The number of urea groups is 1. The minimum Gasteiger partial charge on any atom is -0.427 e. The number of carbonyl (C=O) groups excluding carboxylic acids is 2. The molecule has 1 saturated heterocycles. The Labute approximate surface area is 157 Å². The van der Waals surface area contributed by atoms with Crippen LogP contribution in [0.5, 0.6) is 5.75 Å². The van der Waals surface area contributed by atoms with E-state index >= 15 is 0 Å². The van der Waals surface area contributed by atoms with Gasteiger partial charge < -0.3 is 4.74 Å². The first kappa shape index (κ1) is 17.5. The third-order valence-corrected chi connectivity index (χ3v) is 6.55. The van der Waals surface area contributed by atoms with E-state index in [4.69, 9.17) is 4.74 Å². The molecule has 2 amide bonds. The van der Waals surface area contributed by atoms with Gasteiger partial charge in [0.15, 0.2) is 0 Å². The molecule has 2 aromatic carbocycles. The van der Waals surface area contributed by atoms with Crippen LogP contribution in [0.15, 0.2) is 47.4 Å². The second kappa shape index (κ2) is 6.09. The zero-order valence-corrected chi connectivity index (χ0v) is 15.7. The molecule has 7 nitrogen and oxygen atoms in total. The van der Waals surface area contributed by atoms with E-state index in [1.54, 1.807) is 30.3 Å². The highest BCUT2D eigenvalue weighted by molar-refractivity contribution is 7.89. The summed E-state index contributed by atoms with van der Waals surface area (Å²) in [6, 6.07) is 10.6. The molecule has 2 heterocycles. The zero-order valence-electron chi connectivity index (χ0n) is 14.9. The number of aryl methyl sites for hydroxylation is 1. The maximum atomic E-state index is 12.9. The first-order chi connectivity index (χ1) is 12.8. The number of fused-ring (bicyclic) bond motifs is 3. The molecule has 0 N–H and O–H groups in total. The predicted octanol–water partition coefficient (Wildman–Crippen LogP) is 2.48. The third kappa shape index (κ3) is 2.86. The van der Waals surface area contributed by atoms with E-state index in [1.807, 2.05) is 6.92 Å². The highest BCUT2D eigenvalue weighted by atomic mass is 32.2. The van der Waals surface area contributed by atoms with Crippen LogP contribution in [0, 0.1) is 6.92 Å². The molecule has 0 bridgehead atoms. The summed E-state index contributed by atoms with van der Waals surface area (Å²) in [5, 5.41) is 0. The van der Waals surface area contributed by atoms with E-state index in [0.717, 1.165) is 15.4 Å². The molecule has 140 valence electrons. The Bertz CT molecular complexity index is 1050. The van der Waals surface area contributed by atoms with Crippen molar-refractivity contribution in [3.63, 3.8) is 0 Å². The van der Waals surface area contributed by atoms with Gasteiger partial charge in [0.1, 0.15) is 5.75 Å². The Hall–Kier alpha value is -2.87. The lowest BCUT2D eigenvalue weighted by Crippen LogP contribution is -2.36. The van der Waals surface area contributed by atoms with E-state index < -0.39 is 22.0 Å². The van der Waals surface area contributed by atoms with Gasteiger partial charge in [0, 0.05) is 12.6 Å². The lowest BCUT2D eigenvalue weighted by atomic mass is 10.1. The number of carbonyl (C=O) groups is 2. The number of sulfonamides is 1. The fourth-order valence-electron chi connectivity index (χ4n) is 3.57. The molecule has 1 unspecified atom stereocenters. The number of benzene rings is 2. The molecule has 2 aliphatic rings. The topological polar surface area (TPSA) is 84.0 Å². The summed E-state index contributed by atoms with van der Waals surface area (Å²) in [6.45, 7) is 3.28. The first-order valence-corrected chi connectivity index (χ1v) is 9.95. The van der Waals surface area contributed by atoms with Crippen molar-refractivity contribution < 1.29 is 22.7 Å². The van der Waals surface area contributed by atoms with Crippen LogP contribution in [0.1, 0.15) is 18.1 Å². The van der Waals surface area contributed by atoms with E-state index in [0.29, 0.717) is 17.9 Å². The van der Waals surface area contributed by atoms with Crippen LogP contribution in [0.2, 0.25) is 0 Å². The van der Waals surface area contributed by atoms with Crippen LogP contribution in [-0.2, 0) is 21.2 Å². The standard InChI is InChI=1S/C19H18N2O5S/c1-12-3-6-17(7-4-12)27(24,25)20-11-15-9-14-10-16(26-13(2)22)5-8-18(14)21(15)19(20)23/h3-8,10,15H,9,11H2,1-2H3. The molecule has 1 fully saturated rings. The lowest BCUT2D eigenvalue weighted by Gasteiger charge is -2.19. The minimum atomic E-state index is -3.90. The van der Waals surface area contributed by atoms with Crippen molar-refractivity contribution in [3.8, 4) is 5.75 Å². The van der Waals surface area contributed by atoms with Crippen LogP contribution in [-0.4, -0.2) is 37.3 Å². The number of nitrogens with zero attached hydrogens (tertiary/aromatic N) is 2. The molecule has 1 atom stereocenters. The molecular formula is C19H18N2O5S. The largest absolute Gasteiger partial charge is 0.427 e. The number of rotatable bonds is 3. The maximum Gasteiger partial charge on any atom is 0.338 e. The van der Waals surface area contributed by atoms with Gasteiger partial charge in [0.2, 0.25) is 0 Å². The normalized spacial score (nSPS) is 18.4. The predicted molar refractivity (Wildman–Crippen MR) is 98.2 cm³/mol. The van der Waals surface area contributed by atoms with Crippen molar-refractivity contribution in [1.82, 2.24) is 4.31 Å². The molecule has 4 rings (SSSR count). The first-order valence-electron chi connectivity index (χ1n) is 8.51. The van der Waals surface area contributed by atoms with Crippen LogP contribution in [0.4, 0.5) is 10.5 Å². The molecule has 0 aliphatic carbocycles. The quantitative estimate of drug-likeness (QED) is 0.598. The van der Waals surface area contributed by atoms with E-state index in [1.165, 1.54) is 24.0 Å². The number of amides is 2. The summed E-state index contributed by atoms with van der Waals surface area (Å²) >= 11 is 0. The summed E-state index contributed by atoms with van der Waals surface area (Å²) in [6.07, 6.45) is 0.510.